The molecular formula is C13H27N3O3. The molecule has 0 aliphatic rings. The molecule has 0 unspecified atom stereocenters. The second-order valence-corrected chi connectivity index (χ2v) is 6.29. The number of nitrogens with zero attached hydrogens (tertiary/aromatic N) is 1. The van der Waals surface area contributed by atoms with Gasteiger partial charge in [-0.3, -0.25) is 0 Å². The number of rotatable bonds is 7. The summed E-state index contributed by atoms with van der Waals surface area (Å²) in [5.41, 5.74) is -0.0720. The van der Waals surface area contributed by atoms with E-state index in [9.17, 15) is 9.59 Å². The minimum Gasteiger partial charge on any atom is -0.480 e. The zero-order valence-corrected chi connectivity index (χ0v) is 12.8. The lowest BCUT2D eigenvalue weighted by molar-refractivity contribution is -0.140. The van der Waals surface area contributed by atoms with Crippen LogP contribution in [0.4, 0.5) is 4.79 Å². The van der Waals surface area contributed by atoms with Crippen molar-refractivity contribution in [3.63, 3.8) is 0 Å². The monoisotopic (exact) mass is 273 g/mol. The molecular weight excluding hydrogens is 246 g/mol. The third-order valence-electron chi connectivity index (χ3n) is 2.69. The summed E-state index contributed by atoms with van der Waals surface area (Å²) in [5.74, 6) is -1.17. The molecule has 0 saturated carbocycles. The Hall–Kier alpha value is -1.30. The van der Waals surface area contributed by atoms with Crippen LogP contribution in [0.1, 0.15) is 27.7 Å². The van der Waals surface area contributed by atoms with Gasteiger partial charge in [0.15, 0.2) is 0 Å². The van der Waals surface area contributed by atoms with Gasteiger partial charge in [0.2, 0.25) is 0 Å². The van der Waals surface area contributed by atoms with Crippen molar-refractivity contribution >= 4 is 12.0 Å². The Balaban J connectivity index is 4.28. The Morgan fingerprint density at radius 1 is 1.26 bits per heavy atom. The maximum atomic E-state index is 11.7. The van der Waals surface area contributed by atoms with Crippen LogP contribution in [0.3, 0.4) is 0 Å². The van der Waals surface area contributed by atoms with Crippen LogP contribution in [0.15, 0.2) is 0 Å². The summed E-state index contributed by atoms with van der Waals surface area (Å²) in [5, 5.41) is 14.2. The van der Waals surface area contributed by atoms with E-state index >= 15 is 0 Å². The van der Waals surface area contributed by atoms with Crippen LogP contribution < -0.4 is 10.6 Å². The van der Waals surface area contributed by atoms with Crippen LogP contribution in [0, 0.1) is 11.3 Å². The van der Waals surface area contributed by atoms with E-state index in [1.165, 1.54) is 0 Å². The van der Waals surface area contributed by atoms with E-state index in [0.29, 0.717) is 6.54 Å². The number of hydrogen-bond acceptors (Lipinski definition) is 3. The molecule has 3 N–H and O–H groups in total. The molecule has 0 aromatic carbocycles. The number of hydrogen-bond donors (Lipinski definition) is 3. The molecule has 0 saturated heterocycles. The van der Waals surface area contributed by atoms with Gasteiger partial charge in [0, 0.05) is 13.1 Å². The Labute approximate surface area is 115 Å². The van der Waals surface area contributed by atoms with Gasteiger partial charge < -0.3 is 20.6 Å². The van der Waals surface area contributed by atoms with Crippen molar-refractivity contribution in [2.45, 2.75) is 33.7 Å². The molecule has 2 amide bonds. The number of carboxylic acids is 1. The second-order valence-electron chi connectivity index (χ2n) is 6.29. The lowest BCUT2D eigenvalue weighted by Crippen LogP contribution is -2.51. The number of carbonyl (C=O) groups excluding carboxylic acids is 1. The van der Waals surface area contributed by atoms with Crippen molar-refractivity contribution in [3.8, 4) is 0 Å². The van der Waals surface area contributed by atoms with Crippen molar-refractivity contribution in [2.24, 2.45) is 11.3 Å². The van der Waals surface area contributed by atoms with E-state index in [0.717, 1.165) is 6.54 Å². The molecule has 0 fully saturated rings. The molecule has 0 radical (unpaired) electrons. The zero-order chi connectivity index (χ0) is 15.2. The lowest BCUT2D eigenvalue weighted by atomic mass is 9.93. The minimum absolute atomic E-state index is 0.0720. The first-order valence-corrected chi connectivity index (χ1v) is 6.47. The van der Waals surface area contributed by atoms with E-state index in [2.05, 4.69) is 10.6 Å². The standard InChI is InChI=1S/C13H27N3O3/c1-9(2)10(11(17)18)15-12(19)14-7-13(3,4)8-16(5)6/h9-10H,7-8H2,1-6H3,(H,17,18)(H2,14,15,19)/t10-/m0/s1. The van der Waals surface area contributed by atoms with Gasteiger partial charge in [-0.2, -0.15) is 0 Å². The highest BCUT2D eigenvalue weighted by atomic mass is 16.4. The fraction of sp³-hybridized carbons (Fsp3) is 0.846. The highest BCUT2D eigenvalue weighted by Crippen LogP contribution is 2.14. The van der Waals surface area contributed by atoms with Crippen LogP contribution in [-0.4, -0.2) is 55.2 Å². The summed E-state index contributed by atoms with van der Waals surface area (Å²) in [7, 11) is 3.95. The average Bonchev–Trinajstić information content (AvgIpc) is 2.20. The van der Waals surface area contributed by atoms with Gasteiger partial charge in [0.25, 0.3) is 0 Å². The van der Waals surface area contributed by atoms with Crippen LogP contribution in [0.5, 0.6) is 0 Å². The summed E-state index contributed by atoms with van der Waals surface area (Å²) < 4.78 is 0. The molecule has 0 aromatic heterocycles. The molecule has 6 heteroatoms. The Bertz CT molecular complexity index is 314. The van der Waals surface area contributed by atoms with Gasteiger partial charge in [0.05, 0.1) is 0 Å². The molecule has 0 aromatic rings. The molecule has 6 nitrogen and oxygen atoms in total. The Morgan fingerprint density at radius 3 is 2.16 bits per heavy atom. The zero-order valence-electron chi connectivity index (χ0n) is 12.8. The molecule has 0 rings (SSSR count). The maximum absolute atomic E-state index is 11.7. The van der Waals surface area contributed by atoms with Gasteiger partial charge in [0.1, 0.15) is 6.04 Å². The first kappa shape index (κ1) is 17.7. The molecule has 1 atom stereocenters. The third-order valence-corrected chi connectivity index (χ3v) is 2.69. The molecule has 0 bridgehead atoms. The first-order chi connectivity index (χ1) is 8.55. The SMILES string of the molecule is CC(C)[C@H](NC(=O)NCC(C)(C)CN(C)C)C(=O)O. The molecule has 19 heavy (non-hydrogen) atoms. The van der Waals surface area contributed by atoms with Crippen molar-refractivity contribution < 1.29 is 14.7 Å². The van der Waals surface area contributed by atoms with Crippen molar-refractivity contribution in [3.05, 3.63) is 0 Å². The third kappa shape index (κ3) is 7.66. The van der Waals surface area contributed by atoms with Crippen molar-refractivity contribution in [1.29, 1.82) is 0 Å². The number of urea groups is 1. The van der Waals surface area contributed by atoms with E-state index in [1.54, 1.807) is 13.8 Å². The predicted molar refractivity (Wildman–Crippen MR) is 75.1 cm³/mol. The number of carbonyl (C=O) groups is 2. The molecule has 0 aliphatic carbocycles. The smallest absolute Gasteiger partial charge is 0.326 e. The van der Waals surface area contributed by atoms with Gasteiger partial charge in [-0.25, -0.2) is 9.59 Å². The summed E-state index contributed by atoms with van der Waals surface area (Å²) in [4.78, 5) is 24.7. The van der Waals surface area contributed by atoms with Crippen LogP contribution in [-0.2, 0) is 4.79 Å². The van der Waals surface area contributed by atoms with Crippen LogP contribution in [0.25, 0.3) is 0 Å². The quantitative estimate of drug-likeness (QED) is 0.646. The highest BCUT2D eigenvalue weighted by Gasteiger charge is 2.25. The van der Waals surface area contributed by atoms with Gasteiger partial charge in [-0.05, 0) is 25.4 Å². The fourth-order valence-corrected chi connectivity index (χ4v) is 1.94. The Kier molecular flexibility index (Phi) is 6.83. The largest absolute Gasteiger partial charge is 0.480 e. The minimum atomic E-state index is -1.02. The average molecular weight is 273 g/mol. The summed E-state index contributed by atoms with van der Waals surface area (Å²) in [6, 6.07) is -1.30. The van der Waals surface area contributed by atoms with Crippen molar-refractivity contribution in [1.82, 2.24) is 15.5 Å². The first-order valence-electron chi connectivity index (χ1n) is 6.47. The van der Waals surface area contributed by atoms with Gasteiger partial charge in [-0.1, -0.05) is 27.7 Å². The van der Waals surface area contributed by atoms with Crippen molar-refractivity contribution in [2.75, 3.05) is 27.2 Å². The van der Waals surface area contributed by atoms with Gasteiger partial charge in [-0.15, -0.1) is 0 Å². The Morgan fingerprint density at radius 2 is 1.79 bits per heavy atom. The van der Waals surface area contributed by atoms with E-state index < -0.39 is 18.0 Å². The number of amides is 2. The van der Waals surface area contributed by atoms with E-state index in [4.69, 9.17) is 5.11 Å². The van der Waals surface area contributed by atoms with Gasteiger partial charge >= 0.3 is 12.0 Å². The highest BCUT2D eigenvalue weighted by molar-refractivity contribution is 5.82. The number of aliphatic carboxylic acids is 1. The summed E-state index contributed by atoms with van der Waals surface area (Å²) in [6.07, 6.45) is 0. The molecule has 0 spiro atoms. The number of nitrogens with one attached hydrogen (secondary N) is 2. The fourth-order valence-electron chi connectivity index (χ4n) is 1.94. The predicted octanol–water partition coefficient (Wildman–Crippen LogP) is 0.983. The molecule has 112 valence electrons. The van der Waals surface area contributed by atoms with E-state index in [1.807, 2.05) is 32.8 Å². The van der Waals surface area contributed by atoms with Crippen LogP contribution >= 0.6 is 0 Å². The maximum Gasteiger partial charge on any atom is 0.326 e. The summed E-state index contributed by atoms with van der Waals surface area (Å²) >= 11 is 0. The van der Waals surface area contributed by atoms with E-state index in [-0.39, 0.29) is 11.3 Å². The second kappa shape index (κ2) is 7.33. The summed E-state index contributed by atoms with van der Waals surface area (Å²) in [6.45, 7) is 8.93. The number of carboxylic acid groups (broad SMARTS) is 1. The molecule has 0 aliphatic heterocycles. The van der Waals surface area contributed by atoms with Crippen LogP contribution in [0.2, 0.25) is 0 Å². The molecule has 0 heterocycles. The lowest BCUT2D eigenvalue weighted by Gasteiger charge is -2.29. The normalized spacial score (nSPS) is 13.5. The topological polar surface area (TPSA) is 81.7 Å².